The van der Waals surface area contributed by atoms with Gasteiger partial charge in [0.2, 0.25) is 0 Å². The van der Waals surface area contributed by atoms with Crippen molar-refractivity contribution in [2.75, 3.05) is 0 Å². The van der Waals surface area contributed by atoms with Crippen LogP contribution in [0.25, 0.3) is 39.1 Å². The van der Waals surface area contributed by atoms with E-state index in [4.69, 9.17) is 0 Å². The van der Waals surface area contributed by atoms with Gasteiger partial charge in [0.25, 0.3) is 0 Å². The lowest BCUT2D eigenvalue weighted by Crippen LogP contribution is -2.33. The van der Waals surface area contributed by atoms with E-state index in [0.717, 1.165) is 12.8 Å². The van der Waals surface area contributed by atoms with Gasteiger partial charge in [-0.3, -0.25) is 0 Å². The molecule has 0 heteroatoms. The van der Waals surface area contributed by atoms with Gasteiger partial charge in [-0.2, -0.15) is 0 Å². The van der Waals surface area contributed by atoms with Crippen LogP contribution < -0.4 is 10.4 Å². The van der Waals surface area contributed by atoms with Crippen molar-refractivity contribution >= 4 is 28.0 Å². The molecular weight excluding hydrogens is 565 g/mol. The van der Waals surface area contributed by atoms with E-state index in [-0.39, 0.29) is 5.41 Å². The molecule has 6 aromatic carbocycles. The van der Waals surface area contributed by atoms with Crippen molar-refractivity contribution in [1.82, 2.24) is 0 Å². The highest BCUT2D eigenvalue weighted by Gasteiger charge is 2.53. The lowest BCUT2D eigenvalue weighted by Gasteiger charge is -2.41. The molecule has 0 amide bonds. The monoisotopic (exact) mass is 598 g/mol. The Labute approximate surface area is 276 Å². The molecule has 10 rings (SSSR count). The maximum Gasteiger partial charge on any atom is 0.0685 e. The quantitative estimate of drug-likeness (QED) is 0.177. The largest absolute Gasteiger partial charge is 0.0685 e. The number of benzene rings is 6. The van der Waals surface area contributed by atoms with Crippen molar-refractivity contribution < 1.29 is 0 Å². The van der Waals surface area contributed by atoms with E-state index < -0.39 is 0 Å². The lowest BCUT2D eigenvalue weighted by molar-refractivity contribution is 0.690. The molecule has 4 aliphatic rings. The Morgan fingerprint density at radius 2 is 1.34 bits per heavy atom. The first-order valence-corrected chi connectivity index (χ1v) is 16.9. The lowest BCUT2D eigenvalue weighted by atomic mass is 9.60. The fraction of sp³-hybridized carbons (Fsp3) is 0.106. The molecule has 0 fully saturated rings. The zero-order valence-corrected chi connectivity index (χ0v) is 26.5. The summed E-state index contributed by atoms with van der Waals surface area (Å²) >= 11 is 0. The minimum Gasteiger partial charge on any atom is -0.0620 e. The van der Waals surface area contributed by atoms with Crippen LogP contribution in [0.2, 0.25) is 0 Å². The third-order valence-corrected chi connectivity index (χ3v) is 11.4. The van der Waals surface area contributed by atoms with Crippen molar-refractivity contribution in [3.63, 3.8) is 0 Å². The average Bonchev–Trinajstić information content (AvgIpc) is 3.43. The Morgan fingerprint density at radius 1 is 0.617 bits per heavy atom. The maximum atomic E-state index is 2.50. The number of allylic oxidation sites excluding steroid dienone is 5. The smallest absolute Gasteiger partial charge is 0.0620 e. The van der Waals surface area contributed by atoms with Gasteiger partial charge >= 0.3 is 0 Å². The highest BCUT2D eigenvalue weighted by Crippen LogP contribution is 2.64. The first-order chi connectivity index (χ1) is 23.2. The summed E-state index contributed by atoms with van der Waals surface area (Å²) in [5.41, 5.74) is 16.6. The molecule has 0 radical (unpaired) electrons. The van der Waals surface area contributed by atoms with Crippen LogP contribution in [0.4, 0.5) is 0 Å². The maximum absolute atomic E-state index is 2.50. The fourth-order valence-corrected chi connectivity index (χ4v) is 9.37. The number of hydrogen-bond donors (Lipinski definition) is 0. The first kappa shape index (κ1) is 26.7. The molecule has 222 valence electrons. The normalized spacial score (nSPS) is 21.8. The Morgan fingerprint density at radius 3 is 2.28 bits per heavy atom. The van der Waals surface area contributed by atoms with Crippen LogP contribution in [0.1, 0.15) is 52.6 Å². The van der Waals surface area contributed by atoms with E-state index in [0.29, 0.717) is 5.92 Å². The Hall–Kier alpha value is -5.46. The Balaban J connectivity index is 1.22. The van der Waals surface area contributed by atoms with E-state index in [2.05, 4.69) is 165 Å². The van der Waals surface area contributed by atoms with Gasteiger partial charge in [0, 0.05) is 5.92 Å². The van der Waals surface area contributed by atoms with E-state index >= 15 is 0 Å². The minimum absolute atomic E-state index is 0.310. The Bertz CT molecular complexity index is 2530. The van der Waals surface area contributed by atoms with E-state index in [1.54, 1.807) is 0 Å². The van der Waals surface area contributed by atoms with Crippen LogP contribution in [0, 0.1) is 0 Å². The fourth-order valence-electron chi connectivity index (χ4n) is 9.37. The summed E-state index contributed by atoms with van der Waals surface area (Å²) < 4.78 is 0. The summed E-state index contributed by atoms with van der Waals surface area (Å²) in [6, 6.07) is 50.0. The van der Waals surface area contributed by atoms with Gasteiger partial charge in [0.05, 0.1) is 5.41 Å². The zero-order chi connectivity index (χ0) is 31.1. The topological polar surface area (TPSA) is 0 Å². The molecule has 47 heavy (non-hydrogen) atoms. The van der Waals surface area contributed by atoms with Gasteiger partial charge in [-0.1, -0.05) is 158 Å². The second-order valence-corrected chi connectivity index (χ2v) is 13.6. The average molecular weight is 599 g/mol. The summed E-state index contributed by atoms with van der Waals surface area (Å²) in [5.74, 6) is 0.316. The molecule has 0 saturated heterocycles. The molecule has 6 aromatic rings. The van der Waals surface area contributed by atoms with E-state index in [9.17, 15) is 0 Å². The molecule has 0 aromatic heterocycles. The molecule has 1 spiro atoms. The minimum atomic E-state index is -0.310. The van der Waals surface area contributed by atoms with Crippen molar-refractivity contribution in [3.8, 4) is 11.1 Å². The number of hydrogen-bond acceptors (Lipinski definition) is 0. The van der Waals surface area contributed by atoms with Crippen LogP contribution in [0.5, 0.6) is 0 Å². The van der Waals surface area contributed by atoms with Gasteiger partial charge in [-0.15, -0.1) is 0 Å². The van der Waals surface area contributed by atoms with Gasteiger partial charge in [-0.25, -0.2) is 0 Å². The molecule has 0 saturated carbocycles. The van der Waals surface area contributed by atoms with Crippen molar-refractivity contribution in [2.24, 2.45) is 0 Å². The third kappa shape index (κ3) is 3.64. The molecule has 2 atom stereocenters. The van der Waals surface area contributed by atoms with Gasteiger partial charge in [0.1, 0.15) is 0 Å². The first-order valence-electron chi connectivity index (χ1n) is 16.9. The molecule has 0 nitrogen and oxygen atoms in total. The molecule has 0 N–H and O–H groups in total. The highest BCUT2D eigenvalue weighted by atomic mass is 14.5. The Kier molecular flexibility index (Phi) is 5.70. The predicted octanol–water partition coefficient (Wildman–Crippen LogP) is 9.80. The number of fused-ring (bicyclic) bond motifs is 10. The van der Waals surface area contributed by atoms with Gasteiger partial charge in [0.15, 0.2) is 0 Å². The summed E-state index contributed by atoms with van der Waals surface area (Å²) in [6.07, 6.45) is 11.5. The van der Waals surface area contributed by atoms with Crippen LogP contribution >= 0.6 is 0 Å². The van der Waals surface area contributed by atoms with Crippen molar-refractivity contribution in [2.45, 2.75) is 31.1 Å². The highest BCUT2D eigenvalue weighted by molar-refractivity contribution is 6.05. The van der Waals surface area contributed by atoms with Crippen molar-refractivity contribution in [1.29, 1.82) is 0 Å². The van der Waals surface area contributed by atoms with Crippen LogP contribution in [0.15, 0.2) is 163 Å². The molecule has 4 aliphatic carbocycles. The van der Waals surface area contributed by atoms with E-state index in [1.165, 1.54) is 88.0 Å². The molecule has 0 heterocycles. The molecular formula is C47H34. The van der Waals surface area contributed by atoms with Gasteiger partial charge < -0.3 is 0 Å². The van der Waals surface area contributed by atoms with Crippen LogP contribution in [-0.4, -0.2) is 0 Å². The van der Waals surface area contributed by atoms with Crippen LogP contribution in [0.3, 0.4) is 0 Å². The predicted molar refractivity (Wildman–Crippen MR) is 197 cm³/mol. The zero-order valence-electron chi connectivity index (χ0n) is 26.5. The molecule has 0 aliphatic heterocycles. The van der Waals surface area contributed by atoms with Gasteiger partial charge in [-0.05, 0) is 108 Å². The summed E-state index contributed by atoms with van der Waals surface area (Å²) in [7, 11) is 0. The standard InChI is InChI=1S/C47H34/c1-30(36-16-4-5-17-37(36)35-25-24-31-12-2-3-13-34(31)28-35)33-26-27-44-41(29-33)39-19-7-9-22-43(39)47(44)42-21-8-6-18-38(42)40-20-10-14-32-15-11-23-45(47)46(32)40/h2-27,41H,28-29H2,1H3/b36-30+,37-35-. The second-order valence-electron chi connectivity index (χ2n) is 13.6. The number of rotatable bonds is 1. The van der Waals surface area contributed by atoms with E-state index in [1.807, 2.05) is 0 Å². The van der Waals surface area contributed by atoms with Crippen LogP contribution in [-0.2, 0) is 11.8 Å². The SMILES string of the molecule is C/C(C1=CC=C2C(C1)c1ccccc1C21c2ccccc2-c2cccc3cccc1c23)=c1/cccc/c1=C1\C=Cc2ccccc2C1. The second kappa shape index (κ2) is 10.0. The molecule has 2 unspecified atom stereocenters. The third-order valence-electron chi connectivity index (χ3n) is 11.4. The van der Waals surface area contributed by atoms with Crippen molar-refractivity contribution in [3.05, 3.63) is 207 Å². The molecule has 0 bridgehead atoms. The summed E-state index contributed by atoms with van der Waals surface area (Å²) in [4.78, 5) is 0. The summed E-state index contributed by atoms with van der Waals surface area (Å²) in [6.45, 7) is 2.34. The summed E-state index contributed by atoms with van der Waals surface area (Å²) in [5, 5.41) is 5.41.